The summed E-state index contributed by atoms with van der Waals surface area (Å²) in [6.07, 6.45) is -20.7. The molecule has 0 aromatic heterocycles. The van der Waals surface area contributed by atoms with Crippen molar-refractivity contribution < 1.29 is 85.5 Å². The van der Waals surface area contributed by atoms with E-state index in [1.165, 1.54) is 6.92 Å². The number of carbonyl (C=O) groups is 4. The predicted octanol–water partition coefficient (Wildman–Crippen LogP) is 8.23. The van der Waals surface area contributed by atoms with Gasteiger partial charge in [0, 0.05) is 30.6 Å². The molecular formula is C55H60Cl3N7O18. The van der Waals surface area contributed by atoms with Crippen molar-refractivity contribution in [2.24, 2.45) is 10.2 Å². The molecule has 0 spiro atoms. The molecule has 0 amide bonds. The summed E-state index contributed by atoms with van der Waals surface area (Å²) in [6.45, 7) is 1.81. The van der Waals surface area contributed by atoms with Crippen LogP contribution < -0.4 is 0 Å². The van der Waals surface area contributed by atoms with Gasteiger partial charge in [0.05, 0.1) is 33.5 Å². The van der Waals surface area contributed by atoms with Gasteiger partial charge in [-0.05, 0) is 33.3 Å². The zero-order valence-electron chi connectivity index (χ0n) is 45.1. The van der Waals surface area contributed by atoms with Gasteiger partial charge in [0.2, 0.25) is 12.2 Å². The molecule has 15 atom stereocenters. The number of azide groups is 2. The van der Waals surface area contributed by atoms with E-state index in [1.54, 1.807) is 60.7 Å². The van der Waals surface area contributed by atoms with Crippen LogP contribution in [0.1, 0.15) is 43.0 Å². The fourth-order valence-electron chi connectivity index (χ4n) is 9.21. The standard InChI is InChI=1S/C55H60Cl3N7O18/c1-31(66)71-29-38-42(73-25-34-17-9-5-10-18-34)44(74-26-35-19-11-6-12-20-35)40(62-64-60)51(78-38)81-47-46(75-27-36-21-13-7-14-22-36)49(76-28-37-23-15-8-16-24-37)53(82-48(47)50(69)70-4)80-43-39(30-72-32(2)67)79-52(83-54(59)55(56,57)58)41(63-65-61)45(43)77-33(3)68/h5-24,38-49,51-53,59H,25-30H2,1-4H3/t38-,39-,40-,41-,42-,43?,44-,45-,46+,47+,48+,49-,51-,52?,53-/m1/s1. The van der Waals surface area contributed by atoms with E-state index in [4.69, 9.17) is 107 Å². The van der Waals surface area contributed by atoms with E-state index in [2.05, 4.69) is 20.1 Å². The molecule has 3 saturated heterocycles. The van der Waals surface area contributed by atoms with Crippen molar-refractivity contribution in [1.82, 2.24) is 0 Å². The topological polar surface area (TPSA) is 319 Å². The van der Waals surface area contributed by atoms with Crippen molar-refractivity contribution in [2.45, 2.75) is 143 Å². The van der Waals surface area contributed by atoms with E-state index in [0.717, 1.165) is 32.1 Å². The molecule has 3 heterocycles. The first-order valence-corrected chi connectivity index (χ1v) is 26.9. The summed E-state index contributed by atoms with van der Waals surface area (Å²) in [7, 11) is 1.08. The van der Waals surface area contributed by atoms with Crippen LogP contribution in [0.3, 0.4) is 0 Å². The van der Waals surface area contributed by atoms with Crippen LogP contribution in [0, 0.1) is 5.41 Å². The molecule has 28 heteroatoms. The molecule has 0 radical (unpaired) electrons. The number of nitrogens with one attached hydrogen (secondary N) is 1. The highest BCUT2D eigenvalue weighted by molar-refractivity contribution is 6.76. The number of alkyl halides is 3. The second-order valence-electron chi connectivity index (χ2n) is 18.8. The van der Waals surface area contributed by atoms with Crippen LogP contribution in [0.2, 0.25) is 0 Å². The SMILES string of the molecule is COC(=O)[C@H]1O[C@@H](OC2[C@@H](COC(C)=O)OC(OC(=N)C(Cl)(Cl)Cl)[C@H](N=[N+]=[N-])[C@H]2OC(C)=O)[C@H](OCc2ccccc2)[C@@H](OCc2ccccc2)[C@@H]1O[C@H]1O[C@H](COC(C)=O)[C@@H](OCc2ccccc2)[C@H](OCc2ccccc2)[C@H]1N=[N+]=[N-]. The minimum atomic E-state index is -2.48. The van der Waals surface area contributed by atoms with Crippen LogP contribution in [0.5, 0.6) is 0 Å². The number of halogens is 3. The Morgan fingerprint density at radius 2 is 0.928 bits per heavy atom. The Hall–Kier alpha value is -6.64. The van der Waals surface area contributed by atoms with E-state index in [0.29, 0.717) is 11.1 Å². The lowest BCUT2D eigenvalue weighted by molar-refractivity contribution is -0.370. The van der Waals surface area contributed by atoms with Gasteiger partial charge < -0.3 is 66.3 Å². The molecule has 83 heavy (non-hydrogen) atoms. The first kappa shape index (κ1) is 63.9. The highest BCUT2D eigenvalue weighted by atomic mass is 35.6. The van der Waals surface area contributed by atoms with Gasteiger partial charge in [-0.1, -0.05) is 166 Å². The predicted molar refractivity (Wildman–Crippen MR) is 292 cm³/mol. The van der Waals surface area contributed by atoms with Crippen molar-refractivity contribution in [3.63, 3.8) is 0 Å². The fraction of sp³-hybridized carbons (Fsp3) is 0.473. The summed E-state index contributed by atoms with van der Waals surface area (Å²) in [5.74, 6) is -4.50. The van der Waals surface area contributed by atoms with Crippen molar-refractivity contribution in [1.29, 1.82) is 5.41 Å². The van der Waals surface area contributed by atoms with Gasteiger partial charge >= 0.3 is 23.9 Å². The summed E-state index contributed by atoms with van der Waals surface area (Å²) >= 11 is 17.9. The van der Waals surface area contributed by atoms with E-state index in [1.807, 2.05) is 60.7 Å². The number of methoxy groups -OCH3 is 1. The van der Waals surface area contributed by atoms with E-state index in [-0.39, 0.29) is 26.4 Å². The van der Waals surface area contributed by atoms with Crippen molar-refractivity contribution >= 4 is 64.6 Å². The minimum absolute atomic E-state index is 0.00524. The number of hydrogen-bond donors (Lipinski definition) is 1. The smallest absolute Gasteiger partial charge is 0.337 e. The number of rotatable bonds is 25. The quantitative estimate of drug-likeness (QED) is 0.00954. The molecule has 4 aromatic carbocycles. The number of esters is 4. The average Bonchev–Trinajstić information content (AvgIpc) is 3.64. The Morgan fingerprint density at radius 3 is 1.36 bits per heavy atom. The third kappa shape index (κ3) is 18.2. The molecule has 3 aliphatic heterocycles. The summed E-state index contributed by atoms with van der Waals surface area (Å²) < 4.78 is 85.3. The third-order valence-corrected chi connectivity index (χ3v) is 13.5. The molecule has 0 saturated carbocycles. The van der Waals surface area contributed by atoms with Gasteiger partial charge in [-0.2, -0.15) is 0 Å². The number of benzene rings is 4. The largest absolute Gasteiger partial charge is 0.467 e. The average molecular weight is 1210 g/mol. The second kappa shape index (κ2) is 31.3. The van der Waals surface area contributed by atoms with E-state index < -0.39 is 139 Å². The molecule has 1 N–H and O–H groups in total. The summed E-state index contributed by atoms with van der Waals surface area (Å²) in [5.41, 5.74) is 23.0. The maximum atomic E-state index is 14.5. The molecule has 7 rings (SSSR count). The first-order valence-electron chi connectivity index (χ1n) is 25.8. The van der Waals surface area contributed by atoms with Crippen molar-refractivity contribution in [3.05, 3.63) is 164 Å². The van der Waals surface area contributed by atoms with Crippen LogP contribution in [0.4, 0.5) is 0 Å². The molecule has 0 bridgehead atoms. The monoisotopic (exact) mass is 1210 g/mol. The first-order chi connectivity index (χ1) is 40.0. The minimum Gasteiger partial charge on any atom is -0.467 e. The van der Waals surface area contributed by atoms with Gasteiger partial charge in [-0.15, -0.1) is 0 Å². The molecular weight excluding hydrogens is 1150 g/mol. The van der Waals surface area contributed by atoms with E-state index >= 15 is 0 Å². The third-order valence-electron chi connectivity index (χ3n) is 12.9. The molecule has 444 valence electrons. The zero-order valence-corrected chi connectivity index (χ0v) is 47.4. The maximum Gasteiger partial charge on any atom is 0.337 e. The normalized spacial score (nSPS) is 27.8. The van der Waals surface area contributed by atoms with Gasteiger partial charge in [-0.3, -0.25) is 19.8 Å². The Balaban J connectivity index is 1.36. The number of carbonyl (C=O) groups excluding carboxylic acids is 4. The molecule has 3 aliphatic rings. The molecule has 25 nitrogen and oxygen atoms in total. The number of hydrogen-bond acceptors (Lipinski definition) is 21. The highest BCUT2D eigenvalue weighted by Gasteiger charge is 2.59. The second-order valence-corrected chi connectivity index (χ2v) is 21.1. The Labute approximate surface area is 491 Å². The summed E-state index contributed by atoms with van der Waals surface area (Å²) in [4.78, 5) is 58.7. The van der Waals surface area contributed by atoms with Crippen molar-refractivity contribution in [2.75, 3.05) is 20.3 Å². The Morgan fingerprint density at radius 1 is 0.518 bits per heavy atom. The molecule has 3 fully saturated rings. The lowest BCUT2D eigenvalue weighted by Gasteiger charge is -2.50. The zero-order chi connectivity index (χ0) is 59.5. The van der Waals surface area contributed by atoms with Gasteiger partial charge in [-0.25, -0.2) is 4.79 Å². The van der Waals surface area contributed by atoms with Gasteiger partial charge in [0.25, 0.3) is 3.79 Å². The lowest BCUT2D eigenvalue weighted by Crippen LogP contribution is -2.68. The Bertz CT molecular complexity index is 2860. The molecule has 4 aromatic rings. The van der Waals surface area contributed by atoms with Gasteiger partial charge in [0.15, 0.2) is 18.7 Å². The van der Waals surface area contributed by atoms with Crippen molar-refractivity contribution in [3.8, 4) is 0 Å². The lowest BCUT2D eigenvalue weighted by atomic mass is 9.94. The number of nitrogens with zero attached hydrogens (tertiary/aromatic N) is 6. The summed E-state index contributed by atoms with van der Waals surface area (Å²) in [5, 5.41) is 16.3. The summed E-state index contributed by atoms with van der Waals surface area (Å²) in [6, 6.07) is 32.8. The molecule has 0 aliphatic carbocycles. The molecule has 2 unspecified atom stereocenters. The van der Waals surface area contributed by atoms with Crippen LogP contribution in [0.25, 0.3) is 20.9 Å². The van der Waals surface area contributed by atoms with Crippen LogP contribution in [-0.2, 0) is 112 Å². The van der Waals surface area contributed by atoms with Crippen LogP contribution >= 0.6 is 34.8 Å². The van der Waals surface area contributed by atoms with Crippen LogP contribution in [-0.4, -0.2) is 146 Å². The van der Waals surface area contributed by atoms with Gasteiger partial charge in [0.1, 0.15) is 80.2 Å². The van der Waals surface area contributed by atoms with Crippen LogP contribution in [0.15, 0.2) is 132 Å². The highest BCUT2D eigenvalue weighted by Crippen LogP contribution is 2.40. The fourth-order valence-corrected chi connectivity index (χ4v) is 9.34. The maximum absolute atomic E-state index is 14.5. The Kier molecular flexibility index (Phi) is 24.1. The van der Waals surface area contributed by atoms with E-state index in [9.17, 15) is 30.2 Å². The number of ether oxygens (including phenoxy) is 14.